The van der Waals surface area contributed by atoms with Gasteiger partial charge >= 0.3 is 5.97 Å². The highest BCUT2D eigenvalue weighted by Crippen LogP contribution is 2.11. The zero-order valence-electron chi connectivity index (χ0n) is 10.8. The number of amides is 1. The van der Waals surface area contributed by atoms with Crippen molar-refractivity contribution in [3.8, 4) is 0 Å². The van der Waals surface area contributed by atoms with E-state index in [2.05, 4.69) is 10.2 Å². The molecule has 104 valence electrons. The maximum absolute atomic E-state index is 12.2. The van der Waals surface area contributed by atoms with E-state index in [-0.39, 0.29) is 19.1 Å². The van der Waals surface area contributed by atoms with Gasteiger partial charge in [0.15, 0.2) is 6.10 Å². The molecule has 1 aromatic heterocycles. The fourth-order valence-electron chi connectivity index (χ4n) is 2.01. The first-order valence-corrected chi connectivity index (χ1v) is 6.29. The molecule has 1 aliphatic heterocycles. The number of aromatic amines is 1. The van der Waals surface area contributed by atoms with Crippen LogP contribution in [0.25, 0.3) is 0 Å². The highest BCUT2D eigenvalue weighted by atomic mass is 16.5. The molecule has 0 radical (unpaired) electrons. The number of aromatic nitrogens is 2. The van der Waals surface area contributed by atoms with Gasteiger partial charge in [0.1, 0.15) is 5.69 Å². The third-order valence-corrected chi connectivity index (χ3v) is 3.00. The van der Waals surface area contributed by atoms with E-state index in [4.69, 9.17) is 9.84 Å². The highest BCUT2D eigenvalue weighted by molar-refractivity contribution is 5.92. The third-order valence-electron chi connectivity index (χ3n) is 3.00. The SMILES string of the molecule is CCCc1cc(C(=O)N2CCOC(C(=O)O)C2)n[nH]1. The van der Waals surface area contributed by atoms with Crippen LogP contribution in [-0.4, -0.2) is 57.9 Å². The molecule has 7 heteroatoms. The van der Waals surface area contributed by atoms with Crippen LogP contribution < -0.4 is 0 Å². The summed E-state index contributed by atoms with van der Waals surface area (Å²) in [5.41, 5.74) is 1.24. The van der Waals surface area contributed by atoms with Crippen molar-refractivity contribution in [1.29, 1.82) is 0 Å². The van der Waals surface area contributed by atoms with E-state index in [1.54, 1.807) is 6.07 Å². The molecule has 2 N–H and O–H groups in total. The first-order chi connectivity index (χ1) is 9.11. The minimum absolute atomic E-state index is 0.0597. The van der Waals surface area contributed by atoms with Crippen molar-refractivity contribution in [2.75, 3.05) is 19.7 Å². The molecule has 1 atom stereocenters. The number of rotatable bonds is 4. The van der Waals surface area contributed by atoms with Crippen LogP contribution in [0.15, 0.2) is 6.07 Å². The second kappa shape index (κ2) is 5.83. The van der Waals surface area contributed by atoms with E-state index >= 15 is 0 Å². The lowest BCUT2D eigenvalue weighted by molar-refractivity contribution is -0.154. The first kappa shape index (κ1) is 13.5. The second-order valence-corrected chi connectivity index (χ2v) is 4.48. The summed E-state index contributed by atoms with van der Waals surface area (Å²) in [6.07, 6.45) is 0.849. The number of morpholine rings is 1. The molecule has 1 saturated heterocycles. The first-order valence-electron chi connectivity index (χ1n) is 6.29. The number of nitrogens with one attached hydrogen (secondary N) is 1. The second-order valence-electron chi connectivity index (χ2n) is 4.48. The van der Waals surface area contributed by atoms with Gasteiger partial charge in [-0.25, -0.2) is 4.79 Å². The number of hydrogen-bond donors (Lipinski definition) is 2. The van der Waals surface area contributed by atoms with Crippen molar-refractivity contribution in [1.82, 2.24) is 15.1 Å². The van der Waals surface area contributed by atoms with Crippen molar-refractivity contribution in [3.05, 3.63) is 17.5 Å². The fraction of sp³-hybridized carbons (Fsp3) is 0.583. The smallest absolute Gasteiger partial charge is 0.334 e. The summed E-state index contributed by atoms with van der Waals surface area (Å²) in [5, 5.41) is 15.7. The fourth-order valence-corrected chi connectivity index (χ4v) is 2.01. The van der Waals surface area contributed by atoms with Crippen LogP contribution in [0.3, 0.4) is 0 Å². The van der Waals surface area contributed by atoms with Crippen molar-refractivity contribution in [2.45, 2.75) is 25.9 Å². The molecular weight excluding hydrogens is 250 g/mol. The maximum atomic E-state index is 12.2. The van der Waals surface area contributed by atoms with E-state index in [1.165, 1.54) is 4.90 Å². The van der Waals surface area contributed by atoms with Crippen molar-refractivity contribution >= 4 is 11.9 Å². The molecule has 0 bridgehead atoms. The Balaban J connectivity index is 2.03. The Bertz CT molecular complexity index is 471. The van der Waals surface area contributed by atoms with Crippen LogP contribution in [0.1, 0.15) is 29.5 Å². The number of carboxylic acid groups (broad SMARTS) is 1. The third kappa shape index (κ3) is 3.11. The molecule has 0 spiro atoms. The Labute approximate surface area is 110 Å². The molecule has 2 rings (SSSR count). The summed E-state index contributed by atoms with van der Waals surface area (Å²) < 4.78 is 5.08. The molecule has 1 amide bonds. The van der Waals surface area contributed by atoms with Crippen LogP contribution in [0.2, 0.25) is 0 Å². The molecule has 1 unspecified atom stereocenters. The Morgan fingerprint density at radius 3 is 3.11 bits per heavy atom. The summed E-state index contributed by atoms with van der Waals surface area (Å²) >= 11 is 0. The monoisotopic (exact) mass is 267 g/mol. The molecule has 1 aromatic rings. The number of carboxylic acids is 1. The predicted molar refractivity (Wildman–Crippen MR) is 65.9 cm³/mol. The lowest BCUT2D eigenvalue weighted by Crippen LogP contribution is -2.48. The lowest BCUT2D eigenvalue weighted by Gasteiger charge is -2.30. The number of hydrogen-bond acceptors (Lipinski definition) is 4. The largest absolute Gasteiger partial charge is 0.479 e. The number of nitrogens with zero attached hydrogens (tertiary/aromatic N) is 2. The zero-order valence-corrected chi connectivity index (χ0v) is 10.8. The molecular formula is C12H17N3O4. The van der Waals surface area contributed by atoms with E-state index in [9.17, 15) is 9.59 Å². The summed E-state index contributed by atoms with van der Waals surface area (Å²) in [6.45, 7) is 2.72. The Morgan fingerprint density at radius 2 is 2.42 bits per heavy atom. The molecule has 2 heterocycles. The van der Waals surface area contributed by atoms with E-state index in [0.717, 1.165) is 18.5 Å². The molecule has 1 aliphatic rings. The highest BCUT2D eigenvalue weighted by Gasteiger charge is 2.30. The Morgan fingerprint density at radius 1 is 1.63 bits per heavy atom. The summed E-state index contributed by atoms with van der Waals surface area (Å²) in [4.78, 5) is 24.5. The van der Waals surface area contributed by atoms with E-state index < -0.39 is 12.1 Å². The lowest BCUT2D eigenvalue weighted by atomic mass is 10.2. The topological polar surface area (TPSA) is 95.5 Å². The predicted octanol–water partition coefficient (Wildman–Crippen LogP) is 0.288. The number of aryl methyl sites for hydroxylation is 1. The molecule has 19 heavy (non-hydrogen) atoms. The minimum atomic E-state index is -1.05. The number of ether oxygens (including phenoxy) is 1. The number of carbonyl (C=O) groups excluding carboxylic acids is 1. The van der Waals surface area contributed by atoms with Crippen LogP contribution in [0.4, 0.5) is 0 Å². The van der Waals surface area contributed by atoms with Gasteiger partial charge < -0.3 is 14.7 Å². The van der Waals surface area contributed by atoms with E-state index in [1.807, 2.05) is 6.92 Å². The van der Waals surface area contributed by atoms with E-state index in [0.29, 0.717) is 12.2 Å². The van der Waals surface area contributed by atoms with Gasteiger partial charge in [-0.15, -0.1) is 0 Å². The van der Waals surface area contributed by atoms with Gasteiger partial charge in [0.2, 0.25) is 0 Å². The standard InChI is InChI=1S/C12H17N3O4/c1-2-3-8-6-9(14-13-8)11(16)15-4-5-19-10(7-15)12(17)18/h6,10H,2-5,7H2,1H3,(H,13,14)(H,17,18). The summed E-state index contributed by atoms with van der Waals surface area (Å²) in [5.74, 6) is -1.31. The summed E-state index contributed by atoms with van der Waals surface area (Å²) in [7, 11) is 0. The molecule has 0 saturated carbocycles. The van der Waals surface area contributed by atoms with Crippen LogP contribution in [0, 0.1) is 0 Å². The van der Waals surface area contributed by atoms with Gasteiger partial charge in [0.25, 0.3) is 5.91 Å². The number of H-pyrrole nitrogens is 1. The normalized spacial score (nSPS) is 19.4. The van der Waals surface area contributed by atoms with Crippen molar-refractivity contribution in [3.63, 3.8) is 0 Å². The Kier molecular flexibility index (Phi) is 4.16. The van der Waals surface area contributed by atoms with Gasteiger partial charge in [-0.1, -0.05) is 13.3 Å². The van der Waals surface area contributed by atoms with Gasteiger partial charge in [0, 0.05) is 12.2 Å². The maximum Gasteiger partial charge on any atom is 0.334 e. The number of carbonyl (C=O) groups is 2. The molecule has 7 nitrogen and oxygen atoms in total. The van der Waals surface area contributed by atoms with Crippen LogP contribution >= 0.6 is 0 Å². The van der Waals surface area contributed by atoms with Crippen molar-refractivity contribution < 1.29 is 19.4 Å². The average molecular weight is 267 g/mol. The van der Waals surface area contributed by atoms with Crippen molar-refractivity contribution in [2.24, 2.45) is 0 Å². The molecule has 0 aliphatic carbocycles. The van der Waals surface area contributed by atoms with Gasteiger partial charge in [-0.05, 0) is 12.5 Å². The molecule has 0 aromatic carbocycles. The van der Waals surface area contributed by atoms with Gasteiger partial charge in [0.05, 0.1) is 13.2 Å². The van der Waals surface area contributed by atoms with Gasteiger partial charge in [-0.3, -0.25) is 9.89 Å². The average Bonchev–Trinajstić information content (AvgIpc) is 2.87. The summed E-state index contributed by atoms with van der Waals surface area (Å²) in [6, 6.07) is 1.72. The minimum Gasteiger partial charge on any atom is -0.479 e. The van der Waals surface area contributed by atoms with Crippen LogP contribution in [0.5, 0.6) is 0 Å². The quantitative estimate of drug-likeness (QED) is 0.817. The number of aliphatic carboxylic acids is 1. The van der Waals surface area contributed by atoms with Crippen LogP contribution in [-0.2, 0) is 16.0 Å². The zero-order chi connectivity index (χ0) is 13.8. The van der Waals surface area contributed by atoms with Gasteiger partial charge in [-0.2, -0.15) is 5.10 Å². The molecule has 1 fully saturated rings. The Hall–Kier alpha value is -1.89.